The Morgan fingerprint density at radius 1 is 1.14 bits per heavy atom. The fraction of sp³-hybridized carbons (Fsp3) is 0.400. The van der Waals surface area contributed by atoms with E-state index in [1.165, 1.54) is 0 Å². The van der Waals surface area contributed by atoms with Gasteiger partial charge in [-0.1, -0.05) is 57.7 Å². The smallest absolute Gasteiger partial charge is 0.295 e. The normalized spacial score (nSPS) is 17.6. The first-order valence-corrected chi connectivity index (χ1v) is 12.3. The van der Waals surface area contributed by atoms with Crippen molar-refractivity contribution in [2.75, 3.05) is 33.8 Å². The average molecular weight is 491 g/mol. The van der Waals surface area contributed by atoms with Crippen LogP contribution in [0.1, 0.15) is 55.5 Å². The SMILES string of the molecule is C=CCOc1ccc(/C(O)=C2\C(=O)C(=O)N(CCCN(C)C)C2c2ccc(C(C)(C)C)cc2)cc1C. The molecule has 0 radical (unpaired) electrons. The van der Waals surface area contributed by atoms with Crippen LogP contribution in [0.15, 0.2) is 60.7 Å². The molecule has 1 aliphatic rings. The van der Waals surface area contributed by atoms with Crippen LogP contribution in [-0.4, -0.2) is 60.4 Å². The molecule has 3 rings (SSSR count). The number of aliphatic hydroxyl groups excluding tert-OH is 1. The predicted octanol–water partition coefficient (Wildman–Crippen LogP) is 5.23. The molecule has 1 saturated heterocycles. The summed E-state index contributed by atoms with van der Waals surface area (Å²) in [7, 11) is 3.95. The Hall–Kier alpha value is -3.38. The molecule has 0 bridgehead atoms. The van der Waals surface area contributed by atoms with Gasteiger partial charge in [0.25, 0.3) is 11.7 Å². The topological polar surface area (TPSA) is 70.1 Å². The van der Waals surface area contributed by atoms with Crippen LogP contribution in [-0.2, 0) is 15.0 Å². The predicted molar refractivity (Wildman–Crippen MR) is 144 cm³/mol. The number of hydrogen-bond donors (Lipinski definition) is 1. The molecule has 1 atom stereocenters. The Bertz CT molecular complexity index is 1160. The highest BCUT2D eigenvalue weighted by molar-refractivity contribution is 6.46. The molecular formula is C30H38N2O4. The van der Waals surface area contributed by atoms with E-state index in [1.807, 2.05) is 50.2 Å². The number of hydrogen-bond acceptors (Lipinski definition) is 5. The monoisotopic (exact) mass is 490 g/mol. The molecule has 36 heavy (non-hydrogen) atoms. The summed E-state index contributed by atoms with van der Waals surface area (Å²) in [5, 5.41) is 11.4. The van der Waals surface area contributed by atoms with Crippen LogP contribution in [0.4, 0.5) is 0 Å². The van der Waals surface area contributed by atoms with Crippen molar-refractivity contribution < 1.29 is 19.4 Å². The maximum absolute atomic E-state index is 13.3. The van der Waals surface area contributed by atoms with Crippen LogP contribution in [0.25, 0.3) is 5.76 Å². The Morgan fingerprint density at radius 2 is 1.81 bits per heavy atom. The maximum Gasteiger partial charge on any atom is 0.295 e. The summed E-state index contributed by atoms with van der Waals surface area (Å²) in [4.78, 5) is 30.1. The second kappa shape index (κ2) is 11.1. The van der Waals surface area contributed by atoms with E-state index in [-0.39, 0.29) is 16.7 Å². The van der Waals surface area contributed by atoms with Crippen LogP contribution in [0.3, 0.4) is 0 Å². The molecule has 192 valence electrons. The molecule has 1 amide bonds. The first kappa shape index (κ1) is 27.2. The number of likely N-dealkylation sites (tertiary alicyclic amines) is 1. The molecule has 1 heterocycles. The third kappa shape index (κ3) is 5.88. The molecule has 1 N–H and O–H groups in total. The standard InChI is InChI=1S/C30H38N2O4/c1-8-18-36-24-15-12-22(19-20(24)2)27(33)25-26(21-10-13-23(14-11-21)30(3,4)5)32(29(35)28(25)34)17-9-16-31(6)7/h8,10-15,19,26,33H,1,9,16-18H2,2-7H3/b27-25+. The summed E-state index contributed by atoms with van der Waals surface area (Å²) < 4.78 is 5.64. The molecule has 0 aromatic heterocycles. The van der Waals surface area contributed by atoms with E-state index in [2.05, 4.69) is 27.4 Å². The van der Waals surface area contributed by atoms with Crippen molar-refractivity contribution in [1.29, 1.82) is 0 Å². The third-order valence-corrected chi connectivity index (χ3v) is 6.44. The van der Waals surface area contributed by atoms with Crippen molar-refractivity contribution >= 4 is 17.4 Å². The third-order valence-electron chi connectivity index (χ3n) is 6.44. The quantitative estimate of drug-likeness (QED) is 0.226. The van der Waals surface area contributed by atoms with E-state index in [0.29, 0.717) is 30.9 Å². The minimum Gasteiger partial charge on any atom is -0.507 e. The van der Waals surface area contributed by atoms with Crippen LogP contribution in [0.2, 0.25) is 0 Å². The number of amides is 1. The number of ether oxygens (including phenoxy) is 1. The molecule has 2 aromatic carbocycles. The van der Waals surface area contributed by atoms with Gasteiger partial charge in [0.2, 0.25) is 0 Å². The van der Waals surface area contributed by atoms with E-state index in [0.717, 1.165) is 23.2 Å². The van der Waals surface area contributed by atoms with Gasteiger partial charge in [-0.3, -0.25) is 9.59 Å². The summed E-state index contributed by atoms with van der Waals surface area (Å²) in [6.07, 6.45) is 2.38. The second-order valence-corrected chi connectivity index (χ2v) is 10.6. The molecule has 0 saturated carbocycles. The van der Waals surface area contributed by atoms with Gasteiger partial charge in [0.15, 0.2) is 0 Å². The number of ketones is 1. The summed E-state index contributed by atoms with van der Waals surface area (Å²) in [5.74, 6) is -0.744. The molecule has 0 aliphatic carbocycles. The lowest BCUT2D eigenvalue weighted by Crippen LogP contribution is -2.32. The zero-order chi connectivity index (χ0) is 26.6. The summed E-state index contributed by atoms with van der Waals surface area (Å²) >= 11 is 0. The highest BCUT2D eigenvalue weighted by Gasteiger charge is 2.45. The lowest BCUT2D eigenvalue weighted by Gasteiger charge is -2.27. The largest absolute Gasteiger partial charge is 0.507 e. The van der Waals surface area contributed by atoms with E-state index >= 15 is 0 Å². The van der Waals surface area contributed by atoms with Crippen LogP contribution >= 0.6 is 0 Å². The zero-order valence-corrected chi connectivity index (χ0v) is 22.3. The Morgan fingerprint density at radius 3 is 2.36 bits per heavy atom. The van der Waals surface area contributed by atoms with E-state index in [1.54, 1.807) is 29.2 Å². The summed E-state index contributed by atoms with van der Waals surface area (Å²) in [6, 6.07) is 12.6. The molecule has 6 heteroatoms. The number of Topliss-reactive ketones (excluding diaryl/α,β-unsaturated/α-hetero) is 1. The molecule has 0 spiro atoms. The van der Waals surface area contributed by atoms with Crippen LogP contribution < -0.4 is 4.74 Å². The number of rotatable bonds is 9. The highest BCUT2D eigenvalue weighted by Crippen LogP contribution is 2.40. The van der Waals surface area contributed by atoms with Crippen LogP contribution in [0.5, 0.6) is 5.75 Å². The molecule has 6 nitrogen and oxygen atoms in total. The minimum absolute atomic E-state index is 0.0288. The second-order valence-electron chi connectivity index (χ2n) is 10.6. The first-order valence-electron chi connectivity index (χ1n) is 12.3. The summed E-state index contributed by atoms with van der Waals surface area (Å²) in [6.45, 7) is 13.5. The zero-order valence-electron chi connectivity index (χ0n) is 22.3. The number of carbonyl (C=O) groups is 2. The number of carbonyl (C=O) groups excluding carboxylic acids is 2. The van der Waals surface area contributed by atoms with Gasteiger partial charge in [0.1, 0.15) is 18.1 Å². The maximum atomic E-state index is 13.3. The lowest BCUT2D eigenvalue weighted by molar-refractivity contribution is -0.139. The number of benzene rings is 2. The Labute approximate surface area is 214 Å². The van der Waals surface area contributed by atoms with Gasteiger partial charge in [0.05, 0.1) is 11.6 Å². The lowest BCUT2D eigenvalue weighted by atomic mass is 9.85. The first-order chi connectivity index (χ1) is 17.0. The van der Waals surface area contributed by atoms with Crippen LogP contribution in [0, 0.1) is 6.92 Å². The molecule has 2 aromatic rings. The number of nitrogens with zero attached hydrogens (tertiary/aromatic N) is 2. The van der Waals surface area contributed by atoms with Gasteiger partial charge in [-0.15, -0.1) is 0 Å². The molecule has 1 aliphatic heterocycles. The Kier molecular flexibility index (Phi) is 8.41. The van der Waals surface area contributed by atoms with Crippen molar-refractivity contribution in [3.63, 3.8) is 0 Å². The van der Waals surface area contributed by atoms with Crippen molar-refractivity contribution in [2.24, 2.45) is 0 Å². The molecule has 1 fully saturated rings. The number of aryl methyl sites for hydroxylation is 1. The fourth-order valence-corrected chi connectivity index (χ4v) is 4.44. The van der Waals surface area contributed by atoms with Crippen molar-refractivity contribution in [3.8, 4) is 5.75 Å². The van der Waals surface area contributed by atoms with E-state index in [9.17, 15) is 14.7 Å². The van der Waals surface area contributed by atoms with Crippen molar-refractivity contribution in [1.82, 2.24) is 9.80 Å². The number of aliphatic hydroxyl groups is 1. The van der Waals surface area contributed by atoms with Gasteiger partial charge in [-0.25, -0.2) is 0 Å². The Balaban J connectivity index is 2.09. The van der Waals surface area contributed by atoms with E-state index < -0.39 is 17.7 Å². The molecular weight excluding hydrogens is 452 g/mol. The average Bonchev–Trinajstić information content (AvgIpc) is 3.07. The van der Waals surface area contributed by atoms with E-state index in [4.69, 9.17) is 4.74 Å². The highest BCUT2D eigenvalue weighted by atomic mass is 16.5. The van der Waals surface area contributed by atoms with Crippen molar-refractivity contribution in [2.45, 2.75) is 45.6 Å². The van der Waals surface area contributed by atoms with Gasteiger partial charge in [-0.05, 0) is 74.3 Å². The molecule has 1 unspecified atom stereocenters. The fourth-order valence-electron chi connectivity index (χ4n) is 4.44. The van der Waals surface area contributed by atoms with Gasteiger partial charge < -0.3 is 19.6 Å². The summed E-state index contributed by atoms with van der Waals surface area (Å²) in [5.41, 5.74) is 3.33. The van der Waals surface area contributed by atoms with Gasteiger partial charge in [0, 0.05) is 12.1 Å². The van der Waals surface area contributed by atoms with Gasteiger partial charge >= 0.3 is 0 Å². The minimum atomic E-state index is -0.660. The van der Waals surface area contributed by atoms with Gasteiger partial charge in [-0.2, -0.15) is 0 Å². The van der Waals surface area contributed by atoms with Crippen molar-refractivity contribution in [3.05, 3.63) is 82.9 Å².